The summed E-state index contributed by atoms with van der Waals surface area (Å²) >= 11 is 0. The van der Waals surface area contributed by atoms with Crippen molar-refractivity contribution in [1.82, 2.24) is 14.7 Å². The molecular formula is C10H18N4O. The van der Waals surface area contributed by atoms with E-state index in [4.69, 9.17) is 10.8 Å². The van der Waals surface area contributed by atoms with Crippen molar-refractivity contribution in [2.24, 2.45) is 5.73 Å². The molecule has 1 aromatic rings. The van der Waals surface area contributed by atoms with E-state index in [0.29, 0.717) is 12.6 Å². The lowest BCUT2D eigenvalue weighted by Gasteiger charge is -2.33. The summed E-state index contributed by atoms with van der Waals surface area (Å²) < 4.78 is 1.99. The molecule has 1 atom stereocenters. The van der Waals surface area contributed by atoms with Gasteiger partial charge in [-0.15, -0.1) is 0 Å². The van der Waals surface area contributed by atoms with Crippen molar-refractivity contribution in [1.29, 1.82) is 0 Å². The second-order valence-corrected chi connectivity index (χ2v) is 4.08. The maximum Gasteiger partial charge on any atom is 0.0882 e. The van der Waals surface area contributed by atoms with Gasteiger partial charge in [-0.3, -0.25) is 9.58 Å². The summed E-state index contributed by atoms with van der Waals surface area (Å²) in [5.74, 6) is 0. The smallest absolute Gasteiger partial charge is 0.0882 e. The molecule has 0 spiro atoms. The molecule has 5 heteroatoms. The fourth-order valence-electron chi connectivity index (χ4n) is 2.07. The fraction of sp³-hybridized carbons (Fsp3) is 0.700. The quantitative estimate of drug-likeness (QED) is 0.708. The van der Waals surface area contributed by atoms with Crippen LogP contribution >= 0.6 is 0 Å². The molecule has 2 rings (SSSR count). The van der Waals surface area contributed by atoms with Gasteiger partial charge in [0.05, 0.1) is 24.5 Å². The molecule has 5 nitrogen and oxygen atoms in total. The lowest BCUT2D eigenvalue weighted by molar-refractivity contribution is 0.149. The van der Waals surface area contributed by atoms with Gasteiger partial charge in [-0.2, -0.15) is 5.10 Å². The lowest BCUT2D eigenvalue weighted by Crippen LogP contribution is -2.43. The van der Waals surface area contributed by atoms with Crippen LogP contribution in [0.3, 0.4) is 0 Å². The molecule has 0 saturated carbocycles. The van der Waals surface area contributed by atoms with Gasteiger partial charge >= 0.3 is 0 Å². The molecule has 2 heterocycles. The van der Waals surface area contributed by atoms with Gasteiger partial charge in [0.25, 0.3) is 0 Å². The highest BCUT2D eigenvalue weighted by atomic mass is 16.3. The van der Waals surface area contributed by atoms with Crippen molar-refractivity contribution in [3.8, 4) is 0 Å². The summed E-state index contributed by atoms with van der Waals surface area (Å²) in [5, 5.41) is 13.3. The molecule has 0 aromatic carbocycles. The maximum atomic E-state index is 9.01. The van der Waals surface area contributed by atoms with E-state index in [1.165, 1.54) is 5.69 Å². The molecule has 0 bridgehead atoms. The van der Waals surface area contributed by atoms with E-state index in [2.05, 4.69) is 16.9 Å². The van der Waals surface area contributed by atoms with Crippen LogP contribution in [0.4, 0.5) is 0 Å². The van der Waals surface area contributed by atoms with Gasteiger partial charge < -0.3 is 10.8 Å². The van der Waals surface area contributed by atoms with Crippen molar-refractivity contribution >= 4 is 0 Å². The van der Waals surface area contributed by atoms with Gasteiger partial charge in [0.15, 0.2) is 0 Å². The van der Waals surface area contributed by atoms with Gasteiger partial charge in [0.2, 0.25) is 0 Å². The van der Waals surface area contributed by atoms with Crippen LogP contribution in [0.25, 0.3) is 0 Å². The molecule has 1 aliphatic rings. The molecule has 1 aliphatic heterocycles. The molecule has 84 valence electrons. The van der Waals surface area contributed by atoms with Crippen LogP contribution in [-0.2, 0) is 19.7 Å². The highest BCUT2D eigenvalue weighted by molar-refractivity contribution is 5.11. The third-order valence-electron chi connectivity index (χ3n) is 2.92. The normalized spacial score (nSPS) is 21.7. The Kier molecular flexibility index (Phi) is 3.04. The van der Waals surface area contributed by atoms with Gasteiger partial charge in [-0.25, -0.2) is 0 Å². The number of aliphatic hydroxyl groups is 1. The first-order chi connectivity index (χ1) is 7.24. The Morgan fingerprint density at radius 2 is 2.47 bits per heavy atom. The second kappa shape index (κ2) is 4.30. The summed E-state index contributed by atoms with van der Waals surface area (Å²) in [6.07, 6.45) is 0. The third kappa shape index (κ3) is 2.04. The predicted octanol–water partition coefficient (Wildman–Crippen LogP) is -0.462. The topological polar surface area (TPSA) is 67.3 Å². The van der Waals surface area contributed by atoms with Crippen LogP contribution in [0, 0.1) is 0 Å². The molecule has 3 N–H and O–H groups in total. The summed E-state index contributed by atoms with van der Waals surface area (Å²) in [5.41, 5.74) is 7.50. The number of rotatable bonds is 3. The Morgan fingerprint density at radius 1 is 1.67 bits per heavy atom. The summed E-state index contributed by atoms with van der Waals surface area (Å²) in [6, 6.07) is 2.43. The zero-order valence-electron chi connectivity index (χ0n) is 9.06. The predicted molar refractivity (Wildman–Crippen MR) is 57.1 cm³/mol. The summed E-state index contributed by atoms with van der Waals surface area (Å²) in [4.78, 5) is 2.35. The SMILES string of the molecule is CC1Cn2nc(CO)cc2CN1CCN. The molecular weight excluding hydrogens is 192 g/mol. The minimum atomic E-state index is 0.0191. The van der Waals surface area contributed by atoms with E-state index in [0.717, 1.165) is 25.3 Å². The number of aromatic nitrogens is 2. The largest absolute Gasteiger partial charge is 0.390 e. The minimum absolute atomic E-state index is 0.0191. The molecule has 1 aromatic heterocycles. The van der Waals surface area contributed by atoms with E-state index in [1.807, 2.05) is 10.7 Å². The first-order valence-electron chi connectivity index (χ1n) is 5.35. The first-order valence-corrected chi connectivity index (χ1v) is 5.35. The third-order valence-corrected chi connectivity index (χ3v) is 2.92. The average Bonchev–Trinajstić information content (AvgIpc) is 2.61. The van der Waals surface area contributed by atoms with Gasteiger partial charge in [-0.05, 0) is 13.0 Å². The minimum Gasteiger partial charge on any atom is -0.390 e. The number of hydrogen-bond acceptors (Lipinski definition) is 4. The molecule has 15 heavy (non-hydrogen) atoms. The van der Waals surface area contributed by atoms with Gasteiger partial charge in [-0.1, -0.05) is 0 Å². The van der Waals surface area contributed by atoms with Crippen molar-refractivity contribution in [3.05, 3.63) is 17.5 Å². The van der Waals surface area contributed by atoms with E-state index in [1.54, 1.807) is 0 Å². The zero-order valence-corrected chi connectivity index (χ0v) is 9.06. The van der Waals surface area contributed by atoms with Crippen LogP contribution in [0.1, 0.15) is 18.3 Å². The number of hydrogen-bond donors (Lipinski definition) is 2. The van der Waals surface area contributed by atoms with E-state index in [-0.39, 0.29) is 6.61 Å². The lowest BCUT2D eigenvalue weighted by atomic mass is 10.2. The highest BCUT2D eigenvalue weighted by Crippen LogP contribution is 2.17. The first kappa shape index (κ1) is 10.6. The summed E-state index contributed by atoms with van der Waals surface area (Å²) in [6.45, 7) is 5.57. The van der Waals surface area contributed by atoms with Crippen LogP contribution in [-0.4, -0.2) is 38.9 Å². The van der Waals surface area contributed by atoms with E-state index < -0.39 is 0 Å². The molecule has 0 radical (unpaired) electrons. The Morgan fingerprint density at radius 3 is 3.13 bits per heavy atom. The van der Waals surface area contributed by atoms with Gasteiger partial charge in [0, 0.05) is 25.7 Å². The Bertz CT molecular complexity index is 336. The van der Waals surface area contributed by atoms with Crippen LogP contribution < -0.4 is 5.73 Å². The molecule has 0 amide bonds. The summed E-state index contributed by atoms with van der Waals surface area (Å²) in [7, 11) is 0. The van der Waals surface area contributed by atoms with Crippen LogP contribution in [0.5, 0.6) is 0 Å². The highest BCUT2D eigenvalue weighted by Gasteiger charge is 2.23. The van der Waals surface area contributed by atoms with Crippen LogP contribution in [0.15, 0.2) is 6.07 Å². The van der Waals surface area contributed by atoms with Crippen molar-refractivity contribution < 1.29 is 5.11 Å². The maximum absolute atomic E-state index is 9.01. The van der Waals surface area contributed by atoms with Crippen molar-refractivity contribution in [3.63, 3.8) is 0 Å². The molecule has 0 fully saturated rings. The second-order valence-electron chi connectivity index (χ2n) is 4.08. The van der Waals surface area contributed by atoms with Crippen molar-refractivity contribution in [2.45, 2.75) is 32.7 Å². The van der Waals surface area contributed by atoms with E-state index >= 15 is 0 Å². The number of fused-ring (bicyclic) bond motifs is 1. The Balaban J connectivity index is 2.16. The van der Waals surface area contributed by atoms with Crippen molar-refractivity contribution in [2.75, 3.05) is 13.1 Å². The standard InChI is InChI=1S/C10H18N4O/c1-8-5-14-10(4-9(7-15)12-14)6-13(8)3-2-11/h4,8,15H,2-3,5-7,11H2,1H3. The molecule has 1 unspecified atom stereocenters. The average molecular weight is 210 g/mol. The Labute approximate surface area is 89.5 Å². The monoisotopic (exact) mass is 210 g/mol. The number of aliphatic hydroxyl groups excluding tert-OH is 1. The fourth-order valence-corrected chi connectivity index (χ4v) is 2.07. The zero-order chi connectivity index (χ0) is 10.8. The molecule has 0 saturated heterocycles. The van der Waals surface area contributed by atoms with Crippen LogP contribution in [0.2, 0.25) is 0 Å². The van der Waals surface area contributed by atoms with E-state index in [9.17, 15) is 0 Å². The Hall–Kier alpha value is -0.910. The number of nitrogens with zero attached hydrogens (tertiary/aromatic N) is 3. The number of nitrogens with two attached hydrogens (primary N) is 1. The molecule has 0 aliphatic carbocycles. The van der Waals surface area contributed by atoms with Gasteiger partial charge in [0.1, 0.15) is 0 Å².